The molecule has 4 atom stereocenters. The quantitative estimate of drug-likeness (QED) is 0.654. The number of imide groups is 1. The van der Waals surface area contributed by atoms with Crippen molar-refractivity contribution in [2.24, 2.45) is 23.2 Å². The number of rotatable bonds is 5. The maximum absolute atomic E-state index is 13.0. The number of fused-ring (bicyclic) bond motifs is 5. The minimum absolute atomic E-state index is 0.0541. The van der Waals surface area contributed by atoms with Crippen molar-refractivity contribution in [1.29, 1.82) is 0 Å². The molecular formula is C21H22N4O2. The van der Waals surface area contributed by atoms with Gasteiger partial charge < -0.3 is 0 Å². The number of benzene rings is 1. The first-order chi connectivity index (χ1) is 13.1. The lowest BCUT2D eigenvalue weighted by Gasteiger charge is -2.28. The lowest BCUT2D eigenvalue weighted by atomic mass is 9.71. The lowest BCUT2D eigenvalue weighted by Crippen LogP contribution is -2.37. The summed E-state index contributed by atoms with van der Waals surface area (Å²) in [6, 6.07) is 10.2. The first kappa shape index (κ1) is 16.4. The number of allylic oxidation sites excluding steroid dienone is 2. The molecule has 1 aromatic heterocycles. The van der Waals surface area contributed by atoms with E-state index in [1.54, 1.807) is 0 Å². The molecule has 138 valence electrons. The summed E-state index contributed by atoms with van der Waals surface area (Å²) >= 11 is 0. The average molecular weight is 362 g/mol. The van der Waals surface area contributed by atoms with Crippen molar-refractivity contribution < 1.29 is 9.59 Å². The van der Waals surface area contributed by atoms with Crippen LogP contribution in [0.5, 0.6) is 0 Å². The van der Waals surface area contributed by atoms with Crippen LogP contribution in [-0.2, 0) is 29.0 Å². The Bertz CT molecular complexity index is 935. The summed E-state index contributed by atoms with van der Waals surface area (Å²) in [6.45, 7) is 2.14. The van der Waals surface area contributed by atoms with Gasteiger partial charge in [-0.05, 0) is 37.2 Å². The van der Waals surface area contributed by atoms with Crippen LogP contribution in [0.25, 0.3) is 0 Å². The molecule has 1 aromatic carbocycles. The Morgan fingerprint density at radius 3 is 2.78 bits per heavy atom. The molecule has 0 spiro atoms. The molecule has 2 fully saturated rings. The zero-order chi connectivity index (χ0) is 18.6. The molecule has 2 aromatic rings. The van der Waals surface area contributed by atoms with Crippen molar-refractivity contribution in [2.45, 2.75) is 32.7 Å². The molecule has 1 N–H and O–H groups in total. The summed E-state index contributed by atoms with van der Waals surface area (Å²) in [5.74, 6) is 1.35. The molecule has 0 unspecified atom stereocenters. The Morgan fingerprint density at radius 2 is 2.00 bits per heavy atom. The first-order valence-electron chi connectivity index (χ1n) is 9.55. The van der Waals surface area contributed by atoms with E-state index in [4.69, 9.17) is 0 Å². The summed E-state index contributed by atoms with van der Waals surface area (Å²) in [7, 11) is 0. The van der Waals surface area contributed by atoms with Crippen LogP contribution in [0.15, 0.2) is 42.5 Å². The van der Waals surface area contributed by atoms with E-state index in [1.807, 2.05) is 25.1 Å². The number of hydrogen-bond donors (Lipinski definition) is 1. The molecule has 6 heteroatoms. The van der Waals surface area contributed by atoms with E-state index >= 15 is 0 Å². The summed E-state index contributed by atoms with van der Waals surface area (Å²) < 4.78 is 0. The summed E-state index contributed by atoms with van der Waals surface area (Å²) in [5.41, 5.74) is 0.657. The number of nitrogens with zero attached hydrogens (tertiary/aromatic N) is 3. The molecule has 2 aliphatic carbocycles. The lowest BCUT2D eigenvalue weighted by molar-refractivity contribution is -0.143. The summed E-state index contributed by atoms with van der Waals surface area (Å²) in [4.78, 5) is 31.9. The van der Waals surface area contributed by atoms with E-state index < -0.39 is 5.41 Å². The number of carbonyl (C=O) groups excluding carboxylic acids is 2. The van der Waals surface area contributed by atoms with Gasteiger partial charge in [-0.25, -0.2) is 4.98 Å². The highest BCUT2D eigenvalue weighted by molar-refractivity contribution is 6.08. The first-order valence-corrected chi connectivity index (χ1v) is 9.55. The third-order valence-corrected chi connectivity index (χ3v) is 6.57. The van der Waals surface area contributed by atoms with Gasteiger partial charge in [-0.1, -0.05) is 42.5 Å². The largest absolute Gasteiger partial charge is 0.274 e. The second-order valence-corrected chi connectivity index (χ2v) is 8.06. The molecule has 1 saturated carbocycles. The van der Waals surface area contributed by atoms with Crippen LogP contribution in [0.1, 0.15) is 30.6 Å². The molecule has 0 radical (unpaired) electrons. The van der Waals surface area contributed by atoms with Crippen molar-refractivity contribution in [2.75, 3.05) is 0 Å². The molecule has 2 bridgehead atoms. The minimum Gasteiger partial charge on any atom is -0.274 e. The molecule has 27 heavy (non-hydrogen) atoms. The second kappa shape index (κ2) is 5.87. The number of hydrogen-bond acceptors (Lipinski definition) is 4. The van der Waals surface area contributed by atoms with E-state index in [2.05, 4.69) is 39.5 Å². The van der Waals surface area contributed by atoms with Crippen LogP contribution in [-0.4, -0.2) is 31.9 Å². The van der Waals surface area contributed by atoms with Gasteiger partial charge in [0.25, 0.3) is 0 Å². The molecule has 1 aliphatic heterocycles. The van der Waals surface area contributed by atoms with E-state index in [-0.39, 0.29) is 36.1 Å². The van der Waals surface area contributed by atoms with E-state index in [9.17, 15) is 9.59 Å². The molecular weight excluding hydrogens is 340 g/mol. The highest BCUT2D eigenvalue weighted by Crippen LogP contribution is 2.60. The Hall–Kier alpha value is -2.76. The standard InChI is InChI=1S/C21H22N4O2/c1-21-15-9-8-14(11-15)18(21)19(26)25(20(21)27)12-17-22-16(23-24-17)10-7-13-5-3-2-4-6-13/h2-6,8-9,14-15,18H,7,10-12H2,1H3,(H,22,23,24)/t14-,15+,18+,21+/m0/s1. The Kier molecular flexibility index (Phi) is 3.57. The van der Waals surface area contributed by atoms with Gasteiger partial charge in [-0.15, -0.1) is 0 Å². The predicted molar refractivity (Wildman–Crippen MR) is 98.1 cm³/mol. The van der Waals surface area contributed by atoms with E-state index in [0.717, 1.165) is 19.3 Å². The van der Waals surface area contributed by atoms with Crippen LogP contribution in [0.4, 0.5) is 0 Å². The van der Waals surface area contributed by atoms with Gasteiger partial charge in [0.15, 0.2) is 5.82 Å². The maximum Gasteiger partial charge on any atom is 0.236 e. The Labute approximate surface area is 157 Å². The number of carbonyl (C=O) groups is 2. The van der Waals surface area contributed by atoms with Gasteiger partial charge in [-0.3, -0.25) is 19.6 Å². The van der Waals surface area contributed by atoms with Gasteiger partial charge in [-0.2, -0.15) is 5.10 Å². The van der Waals surface area contributed by atoms with Crippen LogP contribution in [0.3, 0.4) is 0 Å². The zero-order valence-electron chi connectivity index (χ0n) is 15.3. The van der Waals surface area contributed by atoms with Gasteiger partial charge in [0, 0.05) is 6.42 Å². The average Bonchev–Trinajstić information content (AvgIpc) is 3.42. The van der Waals surface area contributed by atoms with Crippen molar-refractivity contribution in [3.8, 4) is 0 Å². The highest BCUT2D eigenvalue weighted by atomic mass is 16.2. The van der Waals surface area contributed by atoms with Crippen LogP contribution < -0.4 is 0 Å². The minimum atomic E-state index is -0.577. The fourth-order valence-corrected chi connectivity index (χ4v) is 5.10. The highest BCUT2D eigenvalue weighted by Gasteiger charge is 2.67. The summed E-state index contributed by atoms with van der Waals surface area (Å²) in [5, 5.41) is 7.16. The molecule has 6 nitrogen and oxygen atoms in total. The molecule has 3 aliphatic rings. The number of aryl methyl sites for hydroxylation is 2. The number of aromatic amines is 1. The topological polar surface area (TPSA) is 79.0 Å². The zero-order valence-corrected chi connectivity index (χ0v) is 15.3. The molecule has 5 rings (SSSR count). The number of amides is 2. The van der Waals surface area contributed by atoms with Gasteiger partial charge in [0.1, 0.15) is 5.82 Å². The van der Waals surface area contributed by atoms with Crippen LogP contribution in [0.2, 0.25) is 0 Å². The molecule has 2 amide bonds. The number of likely N-dealkylation sites (tertiary alicyclic amines) is 1. The van der Waals surface area contributed by atoms with E-state index in [0.29, 0.717) is 11.6 Å². The third kappa shape index (κ3) is 2.39. The Balaban J connectivity index is 1.29. The second-order valence-electron chi connectivity index (χ2n) is 8.06. The van der Waals surface area contributed by atoms with Crippen molar-refractivity contribution in [1.82, 2.24) is 20.1 Å². The van der Waals surface area contributed by atoms with E-state index in [1.165, 1.54) is 10.5 Å². The monoisotopic (exact) mass is 362 g/mol. The Morgan fingerprint density at radius 1 is 1.19 bits per heavy atom. The normalized spacial score (nSPS) is 31.1. The van der Waals surface area contributed by atoms with Crippen molar-refractivity contribution >= 4 is 11.8 Å². The van der Waals surface area contributed by atoms with Crippen LogP contribution in [0, 0.1) is 23.2 Å². The number of nitrogens with one attached hydrogen (secondary N) is 1. The van der Waals surface area contributed by atoms with Gasteiger partial charge in [0.2, 0.25) is 11.8 Å². The fourth-order valence-electron chi connectivity index (χ4n) is 5.10. The predicted octanol–water partition coefficient (Wildman–Crippen LogP) is 2.29. The van der Waals surface area contributed by atoms with Crippen molar-refractivity contribution in [3.05, 3.63) is 59.7 Å². The van der Waals surface area contributed by atoms with Crippen molar-refractivity contribution in [3.63, 3.8) is 0 Å². The number of H-pyrrole nitrogens is 1. The molecule has 1 saturated heterocycles. The molecule has 2 heterocycles. The smallest absolute Gasteiger partial charge is 0.236 e. The number of aromatic nitrogens is 3. The maximum atomic E-state index is 13.0. The fraction of sp³-hybridized carbons (Fsp3) is 0.429. The summed E-state index contributed by atoms with van der Waals surface area (Å²) in [6.07, 6.45) is 6.73. The third-order valence-electron chi connectivity index (χ3n) is 6.57. The van der Waals surface area contributed by atoms with Gasteiger partial charge in [0.05, 0.1) is 17.9 Å². The van der Waals surface area contributed by atoms with Gasteiger partial charge >= 0.3 is 0 Å². The van der Waals surface area contributed by atoms with Crippen LogP contribution >= 0.6 is 0 Å². The SMILES string of the molecule is C[C@]12C(=O)N(Cc3nc(CCc4ccccc4)n[nH]3)C(=O)[C@H]1[C@H]1C=C[C@@H]2C1.